The summed E-state index contributed by atoms with van der Waals surface area (Å²) in [4.78, 5) is 19.9. The van der Waals surface area contributed by atoms with Crippen LogP contribution in [0.25, 0.3) is 0 Å². The number of hydrogen-bond donors (Lipinski definition) is 2. The Morgan fingerprint density at radius 1 is 1.44 bits per heavy atom. The fraction of sp³-hybridized carbons (Fsp3) is 0.500. The van der Waals surface area contributed by atoms with Crippen LogP contribution in [0.2, 0.25) is 0 Å². The minimum Gasteiger partial charge on any atom is -0.481 e. The lowest BCUT2D eigenvalue weighted by molar-refractivity contribution is -0.138. The largest absolute Gasteiger partial charge is 0.481 e. The molecule has 0 aliphatic carbocycles. The lowest BCUT2D eigenvalue weighted by Gasteiger charge is -1.85. The number of nitrogens with one attached hydrogen (secondary N) is 1. The van der Waals surface area contributed by atoms with Gasteiger partial charge in [0.2, 0.25) is 0 Å². The molecule has 5 heteroatoms. The van der Waals surface area contributed by atoms with Crippen molar-refractivity contribution >= 4 is 11.9 Å². The molecule has 0 fully saturated rings. The average molecular weight is 130 g/mol. The summed E-state index contributed by atoms with van der Waals surface area (Å²) < 4.78 is 0. The van der Waals surface area contributed by atoms with Crippen molar-refractivity contribution in [3.8, 4) is 0 Å². The first-order valence-electron chi connectivity index (χ1n) is 2.29. The third-order valence-corrected chi connectivity index (χ3v) is 0.677. The summed E-state index contributed by atoms with van der Waals surface area (Å²) in [5.74, 6) is -1.75. The van der Waals surface area contributed by atoms with Gasteiger partial charge in [-0.15, -0.1) is 5.11 Å². The van der Waals surface area contributed by atoms with Gasteiger partial charge in [-0.05, 0) is 0 Å². The van der Waals surface area contributed by atoms with Crippen molar-refractivity contribution < 1.29 is 14.7 Å². The number of carbonyl (C=O) groups is 2. The molecular formula is C4H6N2O3. The first-order valence-corrected chi connectivity index (χ1v) is 2.29. The molecule has 0 aromatic rings. The average Bonchev–Trinajstić information content (AvgIpc) is 1.83. The zero-order valence-electron chi connectivity index (χ0n) is 4.63. The number of aliphatic carboxylic acids is 1. The molecule has 0 atom stereocenters. The summed E-state index contributed by atoms with van der Waals surface area (Å²) in [5.41, 5.74) is 6.14. The molecule has 0 heterocycles. The van der Waals surface area contributed by atoms with Gasteiger partial charge in [-0.25, -0.2) is 5.53 Å². The molecule has 0 saturated heterocycles. The van der Waals surface area contributed by atoms with Crippen LogP contribution >= 0.6 is 0 Å². The summed E-state index contributed by atoms with van der Waals surface area (Å²) in [7, 11) is 0. The van der Waals surface area contributed by atoms with E-state index >= 15 is 0 Å². The molecular weight excluding hydrogens is 124 g/mol. The van der Waals surface area contributed by atoms with Gasteiger partial charge in [0.1, 0.15) is 0 Å². The second-order valence-corrected chi connectivity index (χ2v) is 1.40. The number of rotatable bonds is 3. The van der Waals surface area contributed by atoms with Gasteiger partial charge in [0.05, 0.1) is 6.42 Å². The van der Waals surface area contributed by atoms with Gasteiger partial charge in [-0.3, -0.25) is 9.59 Å². The lowest BCUT2D eigenvalue weighted by Crippen LogP contribution is -1.99. The van der Waals surface area contributed by atoms with Crippen LogP contribution in [0.4, 0.5) is 0 Å². The molecule has 0 saturated carbocycles. The fourth-order valence-electron chi connectivity index (χ4n) is 0.270. The maximum atomic E-state index is 10.1. The Morgan fingerprint density at radius 3 is 2.33 bits per heavy atom. The Bertz CT molecular complexity index is 143. The smallest absolute Gasteiger partial charge is 0.303 e. The Kier molecular flexibility index (Phi) is 3.19. The number of carboxylic acids is 1. The van der Waals surface area contributed by atoms with Crippen molar-refractivity contribution in [2.75, 3.05) is 0 Å². The van der Waals surface area contributed by atoms with Crippen LogP contribution in [-0.4, -0.2) is 17.0 Å². The molecule has 0 rings (SSSR count). The summed E-state index contributed by atoms with van der Waals surface area (Å²) in [6, 6.07) is 0. The van der Waals surface area contributed by atoms with Crippen LogP contribution in [0, 0.1) is 5.53 Å². The van der Waals surface area contributed by atoms with E-state index in [-0.39, 0.29) is 12.8 Å². The third kappa shape index (κ3) is 4.60. The van der Waals surface area contributed by atoms with E-state index in [0.717, 1.165) is 0 Å². The zero-order chi connectivity index (χ0) is 7.28. The van der Waals surface area contributed by atoms with Gasteiger partial charge < -0.3 is 5.11 Å². The van der Waals surface area contributed by atoms with Crippen LogP contribution in [0.3, 0.4) is 0 Å². The van der Waals surface area contributed by atoms with Crippen LogP contribution < -0.4 is 0 Å². The molecule has 2 N–H and O–H groups in total. The van der Waals surface area contributed by atoms with Gasteiger partial charge >= 0.3 is 5.97 Å². The summed E-state index contributed by atoms with van der Waals surface area (Å²) >= 11 is 0. The highest BCUT2D eigenvalue weighted by Gasteiger charge is 2.01. The molecule has 0 bridgehead atoms. The Hall–Kier alpha value is -1.26. The summed E-state index contributed by atoms with van der Waals surface area (Å²) in [6.07, 6.45) is -0.431. The second kappa shape index (κ2) is 3.71. The number of amides is 1. The van der Waals surface area contributed by atoms with Crippen LogP contribution in [-0.2, 0) is 9.59 Å². The first kappa shape index (κ1) is 7.74. The van der Waals surface area contributed by atoms with Gasteiger partial charge in [0.25, 0.3) is 5.91 Å². The van der Waals surface area contributed by atoms with Gasteiger partial charge in [0.15, 0.2) is 0 Å². The van der Waals surface area contributed by atoms with Crippen molar-refractivity contribution in [1.82, 2.24) is 0 Å². The molecule has 0 radical (unpaired) electrons. The minimum atomic E-state index is -1.05. The Morgan fingerprint density at radius 2 is 2.00 bits per heavy atom. The van der Waals surface area contributed by atoms with Crippen molar-refractivity contribution in [2.45, 2.75) is 12.8 Å². The normalized spacial score (nSPS) is 8.44. The summed E-state index contributed by atoms with van der Waals surface area (Å²) in [6.45, 7) is 0. The van der Waals surface area contributed by atoms with E-state index in [9.17, 15) is 9.59 Å². The predicted molar refractivity (Wildman–Crippen MR) is 27.0 cm³/mol. The molecule has 0 aromatic carbocycles. The highest BCUT2D eigenvalue weighted by molar-refractivity contribution is 5.80. The maximum Gasteiger partial charge on any atom is 0.303 e. The molecule has 0 spiro atoms. The maximum absolute atomic E-state index is 10.1. The van der Waals surface area contributed by atoms with Crippen LogP contribution in [0.5, 0.6) is 0 Å². The predicted octanol–water partition coefficient (Wildman–Crippen LogP) is 0.409. The van der Waals surface area contributed by atoms with E-state index in [4.69, 9.17) is 10.6 Å². The number of carboxylic acid groups (broad SMARTS) is 1. The van der Waals surface area contributed by atoms with E-state index in [1.54, 1.807) is 0 Å². The molecule has 0 aliphatic rings. The molecule has 1 amide bonds. The molecule has 0 aliphatic heterocycles. The van der Waals surface area contributed by atoms with Crippen molar-refractivity contribution in [2.24, 2.45) is 5.11 Å². The summed E-state index contributed by atoms with van der Waals surface area (Å²) in [5, 5.41) is 10.5. The first-order chi connectivity index (χ1) is 4.16. The molecule has 5 nitrogen and oxygen atoms in total. The number of carbonyl (C=O) groups excluding carboxylic acids is 1. The van der Waals surface area contributed by atoms with Crippen molar-refractivity contribution in [3.05, 3.63) is 0 Å². The van der Waals surface area contributed by atoms with E-state index in [1.165, 1.54) is 0 Å². The van der Waals surface area contributed by atoms with Crippen LogP contribution in [0.15, 0.2) is 5.11 Å². The molecule has 0 aromatic heterocycles. The lowest BCUT2D eigenvalue weighted by atomic mass is 10.3. The van der Waals surface area contributed by atoms with E-state index in [2.05, 4.69) is 5.11 Å². The van der Waals surface area contributed by atoms with Gasteiger partial charge in [0, 0.05) is 6.42 Å². The van der Waals surface area contributed by atoms with E-state index in [0.29, 0.717) is 0 Å². The van der Waals surface area contributed by atoms with Crippen LogP contribution in [0.1, 0.15) is 12.8 Å². The van der Waals surface area contributed by atoms with Gasteiger partial charge in [-0.2, -0.15) is 0 Å². The van der Waals surface area contributed by atoms with Crippen molar-refractivity contribution in [1.29, 1.82) is 5.53 Å². The van der Waals surface area contributed by atoms with E-state index in [1.807, 2.05) is 0 Å². The monoisotopic (exact) mass is 130 g/mol. The quantitative estimate of drug-likeness (QED) is 0.542. The number of nitrogens with zero attached hydrogens (tertiary/aromatic N) is 1. The highest BCUT2D eigenvalue weighted by Crippen LogP contribution is 1.90. The third-order valence-electron chi connectivity index (χ3n) is 0.677. The topological polar surface area (TPSA) is 90.6 Å². The number of hydrogen-bond acceptors (Lipinski definition) is 3. The SMILES string of the molecule is N=NC(=O)CCC(=O)O. The highest BCUT2D eigenvalue weighted by atomic mass is 16.4. The molecule has 50 valence electrons. The Balaban J connectivity index is 3.39. The fourth-order valence-corrected chi connectivity index (χ4v) is 0.270. The molecule has 9 heavy (non-hydrogen) atoms. The molecule has 0 unspecified atom stereocenters. The van der Waals surface area contributed by atoms with E-state index < -0.39 is 11.9 Å². The van der Waals surface area contributed by atoms with Gasteiger partial charge in [-0.1, -0.05) is 0 Å². The second-order valence-electron chi connectivity index (χ2n) is 1.40. The minimum absolute atomic E-state index is 0.182. The standard InChI is InChI=1S/C4H6N2O3/c5-6-3(7)1-2-4(8)9/h5H,1-2H2,(H,8,9). The Labute approximate surface area is 51.2 Å². The van der Waals surface area contributed by atoms with Crippen molar-refractivity contribution in [3.63, 3.8) is 0 Å². The zero-order valence-corrected chi connectivity index (χ0v) is 4.63.